The van der Waals surface area contributed by atoms with Crippen LogP contribution >= 0.6 is 15.9 Å². The van der Waals surface area contributed by atoms with E-state index >= 15 is 0 Å². The zero-order valence-corrected chi connectivity index (χ0v) is 11.6. The highest BCUT2D eigenvalue weighted by atomic mass is 79.9. The van der Waals surface area contributed by atoms with Crippen LogP contribution in [0.3, 0.4) is 0 Å². The molecule has 0 spiro atoms. The highest BCUT2D eigenvalue weighted by Crippen LogP contribution is 2.14. The molecule has 2 rings (SSSR count). The maximum atomic E-state index is 8.70. The zero-order valence-electron chi connectivity index (χ0n) is 9.97. The lowest BCUT2D eigenvalue weighted by atomic mass is 10.1. The van der Waals surface area contributed by atoms with Crippen LogP contribution in [0.25, 0.3) is 0 Å². The van der Waals surface area contributed by atoms with Crippen LogP contribution in [0.2, 0.25) is 0 Å². The SMILES string of the molecule is OCCCCc1nc(Cc2cccc(Br)c2)no1. The van der Waals surface area contributed by atoms with Crippen molar-refractivity contribution >= 4 is 15.9 Å². The molecule has 0 bridgehead atoms. The van der Waals surface area contributed by atoms with Crippen LogP contribution in [-0.4, -0.2) is 21.9 Å². The summed E-state index contributed by atoms with van der Waals surface area (Å²) in [6.45, 7) is 0.207. The average molecular weight is 311 g/mol. The predicted octanol–water partition coefficient (Wildman–Crippen LogP) is 2.74. The van der Waals surface area contributed by atoms with Gasteiger partial charge >= 0.3 is 0 Å². The number of aryl methyl sites for hydroxylation is 1. The topological polar surface area (TPSA) is 59.2 Å². The first kappa shape index (κ1) is 13.2. The summed E-state index contributed by atoms with van der Waals surface area (Å²) < 4.78 is 6.21. The predicted molar refractivity (Wildman–Crippen MR) is 71.3 cm³/mol. The number of rotatable bonds is 6. The molecule has 0 saturated heterocycles. The van der Waals surface area contributed by atoms with Crippen LogP contribution in [0.1, 0.15) is 30.1 Å². The van der Waals surface area contributed by atoms with Gasteiger partial charge in [0.05, 0.1) is 0 Å². The van der Waals surface area contributed by atoms with E-state index in [4.69, 9.17) is 9.63 Å². The number of benzene rings is 1. The van der Waals surface area contributed by atoms with Gasteiger partial charge in [0.1, 0.15) is 0 Å². The summed E-state index contributed by atoms with van der Waals surface area (Å²) in [5.74, 6) is 1.35. The maximum absolute atomic E-state index is 8.70. The molecule has 96 valence electrons. The molecular weight excluding hydrogens is 296 g/mol. The largest absolute Gasteiger partial charge is 0.396 e. The fraction of sp³-hybridized carbons (Fsp3) is 0.385. The smallest absolute Gasteiger partial charge is 0.226 e. The first-order valence-corrected chi connectivity index (χ1v) is 6.74. The number of halogens is 1. The van der Waals surface area contributed by atoms with Gasteiger partial charge in [-0.25, -0.2) is 0 Å². The molecule has 0 saturated carbocycles. The van der Waals surface area contributed by atoms with Crippen molar-refractivity contribution in [1.82, 2.24) is 10.1 Å². The maximum Gasteiger partial charge on any atom is 0.226 e. The van der Waals surface area contributed by atoms with Gasteiger partial charge in [0, 0.05) is 23.9 Å². The summed E-state index contributed by atoms with van der Waals surface area (Å²) in [5, 5.41) is 12.7. The van der Waals surface area contributed by atoms with Crippen LogP contribution < -0.4 is 0 Å². The zero-order chi connectivity index (χ0) is 12.8. The van der Waals surface area contributed by atoms with Gasteiger partial charge in [-0.3, -0.25) is 0 Å². The molecule has 0 radical (unpaired) electrons. The summed E-state index contributed by atoms with van der Waals surface area (Å²) in [6, 6.07) is 8.05. The molecule has 1 N–H and O–H groups in total. The minimum Gasteiger partial charge on any atom is -0.396 e. The van der Waals surface area contributed by atoms with E-state index in [1.165, 1.54) is 0 Å². The lowest BCUT2D eigenvalue weighted by Gasteiger charge is -1.96. The van der Waals surface area contributed by atoms with Crippen molar-refractivity contribution in [3.8, 4) is 0 Å². The Balaban J connectivity index is 1.94. The molecule has 0 unspecified atom stereocenters. The molecule has 5 heteroatoms. The minimum absolute atomic E-state index is 0.207. The molecule has 0 aliphatic heterocycles. The number of unbranched alkanes of at least 4 members (excludes halogenated alkanes) is 1. The number of aliphatic hydroxyl groups is 1. The molecule has 1 aromatic carbocycles. The van der Waals surface area contributed by atoms with E-state index in [0.29, 0.717) is 18.1 Å². The fourth-order valence-corrected chi connectivity index (χ4v) is 2.13. The summed E-state index contributed by atoms with van der Waals surface area (Å²) in [4.78, 5) is 4.33. The van der Waals surface area contributed by atoms with Gasteiger partial charge < -0.3 is 9.63 Å². The molecule has 1 heterocycles. The number of aromatic nitrogens is 2. The Bertz CT molecular complexity index is 499. The van der Waals surface area contributed by atoms with E-state index in [-0.39, 0.29) is 6.61 Å². The first-order valence-electron chi connectivity index (χ1n) is 5.94. The monoisotopic (exact) mass is 310 g/mol. The van der Waals surface area contributed by atoms with E-state index in [1.54, 1.807) is 0 Å². The van der Waals surface area contributed by atoms with Crippen molar-refractivity contribution in [3.63, 3.8) is 0 Å². The van der Waals surface area contributed by atoms with Crippen LogP contribution in [-0.2, 0) is 12.8 Å². The molecular formula is C13H15BrN2O2. The molecule has 1 aromatic heterocycles. The van der Waals surface area contributed by atoms with Crippen LogP contribution in [0.4, 0.5) is 0 Å². The second kappa shape index (κ2) is 6.66. The second-order valence-electron chi connectivity index (χ2n) is 4.09. The average Bonchev–Trinajstić information content (AvgIpc) is 2.77. The van der Waals surface area contributed by atoms with Crippen LogP contribution in [0.5, 0.6) is 0 Å². The van der Waals surface area contributed by atoms with Crippen molar-refractivity contribution in [2.75, 3.05) is 6.61 Å². The third-order valence-corrected chi connectivity index (χ3v) is 3.05. The van der Waals surface area contributed by atoms with Crippen molar-refractivity contribution in [2.24, 2.45) is 0 Å². The standard InChI is InChI=1S/C13H15BrN2O2/c14-11-5-3-4-10(8-11)9-12-15-13(18-16-12)6-1-2-7-17/h3-5,8,17H,1-2,6-7,9H2. The van der Waals surface area contributed by atoms with Gasteiger partial charge in [0.2, 0.25) is 5.89 Å². The highest BCUT2D eigenvalue weighted by molar-refractivity contribution is 9.10. The van der Waals surface area contributed by atoms with E-state index < -0.39 is 0 Å². The van der Waals surface area contributed by atoms with Gasteiger partial charge in [0.25, 0.3) is 0 Å². The summed E-state index contributed by atoms with van der Waals surface area (Å²) >= 11 is 3.43. The number of hydrogen-bond donors (Lipinski definition) is 1. The summed E-state index contributed by atoms with van der Waals surface area (Å²) in [5.41, 5.74) is 1.15. The number of hydrogen-bond acceptors (Lipinski definition) is 4. The van der Waals surface area contributed by atoms with Crippen molar-refractivity contribution in [3.05, 3.63) is 46.0 Å². The molecule has 0 amide bonds. The Morgan fingerprint density at radius 1 is 1.28 bits per heavy atom. The molecule has 18 heavy (non-hydrogen) atoms. The lowest BCUT2D eigenvalue weighted by molar-refractivity contribution is 0.280. The quantitative estimate of drug-likeness (QED) is 0.833. The normalized spacial score (nSPS) is 10.8. The third kappa shape index (κ3) is 3.92. The van der Waals surface area contributed by atoms with Crippen molar-refractivity contribution < 1.29 is 9.63 Å². The molecule has 0 aliphatic carbocycles. The van der Waals surface area contributed by atoms with E-state index in [2.05, 4.69) is 26.1 Å². The third-order valence-electron chi connectivity index (χ3n) is 2.56. The van der Waals surface area contributed by atoms with Crippen LogP contribution in [0.15, 0.2) is 33.3 Å². The van der Waals surface area contributed by atoms with E-state index in [1.807, 2.05) is 24.3 Å². The van der Waals surface area contributed by atoms with Crippen molar-refractivity contribution in [1.29, 1.82) is 0 Å². The van der Waals surface area contributed by atoms with Gasteiger partial charge in [-0.1, -0.05) is 33.2 Å². The molecule has 0 aliphatic rings. The van der Waals surface area contributed by atoms with Gasteiger partial charge in [0.15, 0.2) is 5.82 Å². The highest BCUT2D eigenvalue weighted by Gasteiger charge is 2.07. The summed E-state index contributed by atoms with van der Waals surface area (Å²) in [6.07, 6.45) is 3.04. The number of nitrogens with zero attached hydrogens (tertiary/aromatic N) is 2. The van der Waals surface area contributed by atoms with Gasteiger partial charge in [-0.05, 0) is 30.5 Å². The van der Waals surface area contributed by atoms with Crippen molar-refractivity contribution in [2.45, 2.75) is 25.7 Å². The minimum atomic E-state index is 0.207. The van der Waals surface area contributed by atoms with Crippen LogP contribution in [0, 0.1) is 0 Å². The molecule has 4 nitrogen and oxygen atoms in total. The number of aliphatic hydroxyl groups excluding tert-OH is 1. The van der Waals surface area contributed by atoms with Gasteiger partial charge in [-0.2, -0.15) is 4.98 Å². The molecule has 0 atom stereocenters. The Morgan fingerprint density at radius 2 is 2.17 bits per heavy atom. The Morgan fingerprint density at radius 3 is 2.94 bits per heavy atom. The summed E-state index contributed by atoms with van der Waals surface area (Å²) in [7, 11) is 0. The fourth-order valence-electron chi connectivity index (χ4n) is 1.68. The lowest BCUT2D eigenvalue weighted by Crippen LogP contribution is -1.92. The first-order chi connectivity index (χ1) is 8.78. The van der Waals surface area contributed by atoms with Gasteiger partial charge in [-0.15, -0.1) is 0 Å². The van der Waals surface area contributed by atoms with E-state index in [0.717, 1.165) is 29.3 Å². The Hall–Kier alpha value is -1.20. The van der Waals surface area contributed by atoms with E-state index in [9.17, 15) is 0 Å². The Labute approximate surface area is 114 Å². The Kier molecular flexibility index (Phi) is 4.90. The molecule has 2 aromatic rings. The molecule has 0 fully saturated rings. The second-order valence-corrected chi connectivity index (χ2v) is 5.01.